The molecule has 0 aromatic carbocycles. The Kier molecular flexibility index (Phi) is 5.53. The number of nitrogens with one attached hydrogen (secondary N) is 3. The zero-order valence-corrected chi connectivity index (χ0v) is 16.9. The van der Waals surface area contributed by atoms with Crippen LogP contribution in [0, 0.1) is 5.41 Å². The maximum Gasteiger partial charge on any atom is 0.415 e. The fourth-order valence-electron chi connectivity index (χ4n) is 3.07. The van der Waals surface area contributed by atoms with E-state index in [2.05, 4.69) is 20.7 Å². The lowest BCUT2D eigenvalue weighted by molar-refractivity contribution is 0.150. The molecule has 0 radical (unpaired) electrons. The van der Waals surface area contributed by atoms with Gasteiger partial charge in [-0.1, -0.05) is 0 Å². The first kappa shape index (κ1) is 19.7. The van der Waals surface area contributed by atoms with Crippen LogP contribution in [0.25, 0.3) is 0 Å². The van der Waals surface area contributed by atoms with E-state index in [0.717, 1.165) is 16.9 Å². The first-order valence-electron chi connectivity index (χ1n) is 9.31. The zero-order valence-electron chi connectivity index (χ0n) is 16.9. The highest BCUT2D eigenvalue weighted by atomic mass is 16.6. The molecule has 1 saturated heterocycles. The van der Waals surface area contributed by atoms with Crippen LogP contribution in [0.2, 0.25) is 0 Å². The molecule has 1 amide bonds. The number of hydrogen-bond donors (Lipinski definition) is 3. The molecule has 1 fully saturated rings. The standard InChI is InChI=1S/C19H27N7O2/c1-11(2)23-18-15(21-7-14-8-22-25(5)10-14)6-16(24-17(18)13(4)20)26-9-12(3)28-19(26)27/h6,8,10-12,20,23H,7,9H2,1-5H3,(H,21,24). The fraction of sp³-hybridized carbons (Fsp3) is 0.474. The molecule has 1 atom stereocenters. The first-order chi connectivity index (χ1) is 13.2. The number of rotatable bonds is 7. The van der Waals surface area contributed by atoms with Crippen molar-refractivity contribution in [3.63, 3.8) is 0 Å². The van der Waals surface area contributed by atoms with Crippen molar-refractivity contribution in [1.29, 1.82) is 5.41 Å². The van der Waals surface area contributed by atoms with Crippen LogP contribution in [0.5, 0.6) is 0 Å². The topological polar surface area (TPSA) is 108 Å². The van der Waals surface area contributed by atoms with Crippen molar-refractivity contribution in [2.75, 3.05) is 22.1 Å². The lowest BCUT2D eigenvalue weighted by Crippen LogP contribution is -2.26. The van der Waals surface area contributed by atoms with Gasteiger partial charge in [0.15, 0.2) is 0 Å². The van der Waals surface area contributed by atoms with Gasteiger partial charge in [-0.2, -0.15) is 5.10 Å². The number of anilines is 3. The third-order valence-electron chi connectivity index (χ3n) is 4.27. The van der Waals surface area contributed by atoms with Crippen LogP contribution in [-0.4, -0.2) is 45.3 Å². The van der Waals surface area contributed by atoms with E-state index in [0.29, 0.717) is 30.3 Å². The highest BCUT2D eigenvalue weighted by Crippen LogP contribution is 2.32. The fourth-order valence-corrected chi connectivity index (χ4v) is 3.07. The molecule has 9 nitrogen and oxygen atoms in total. The predicted octanol–water partition coefficient (Wildman–Crippen LogP) is 2.98. The molecule has 0 spiro atoms. The number of carbonyl (C=O) groups is 1. The lowest BCUT2D eigenvalue weighted by Gasteiger charge is -2.22. The Morgan fingerprint density at radius 3 is 2.75 bits per heavy atom. The molecule has 3 rings (SSSR count). The molecule has 1 aliphatic heterocycles. The number of ether oxygens (including phenoxy) is 1. The molecule has 3 heterocycles. The van der Waals surface area contributed by atoms with E-state index in [-0.39, 0.29) is 12.1 Å². The maximum atomic E-state index is 12.2. The van der Waals surface area contributed by atoms with Crippen molar-refractivity contribution >= 4 is 29.0 Å². The number of amides is 1. The number of hydrogen-bond acceptors (Lipinski definition) is 7. The Morgan fingerprint density at radius 1 is 1.46 bits per heavy atom. The largest absolute Gasteiger partial charge is 0.444 e. The quantitative estimate of drug-likeness (QED) is 0.633. The third kappa shape index (κ3) is 4.24. The highest BCUT2D eigenvalue weighted by molar-refractivity contribution is 6.03. The Hall–Kier alpha value is -3.10. The van der Waals surface area contributed by atoms with Crippen molar-refractivity contribution in [1.82, 2.24) is 14.8 Å². The van der Waals surface area contributed by atoms with E-state index in [9.17, 15) is 4.79 Å². The summed E-state index contributed by atoms with van der Waals surface area (Å²) >= 11 is 0. The van der Waals surface area contributed by atoms with Crippen molar-refractivity contribution in [3.05, 3.63) is 29.7 Å². The van der Waals surface area contributed by atoms with Crippen LogP contribution in [0.4, 0.5) is 22.0 Å². The normalized spacial score (nSPS) is 16.4. The van der Waals surface area contributed by atoms with Crippen LogP contribution in [0.3, 0.4) is 0 Å². The van der Waals surface area contributed by atoms with Crippen LogP contribution >= 0.6 is 0 Å². The third-order valence-corrected chi connectivity index (χ3v) is 4.27. The number of aryl methyl sites for hydroxylation is 1. The molecule has 2 aromatic heterocycles. The minimum absolute atomic E-state index is 0.154. The molecule has 150 valence electrons. The molecule has 0 aliphatic carbocycles. The summed E-state index contributed by atoms with van der Waals surface area (Å²) in [5.74, 6) is 0.471. The Balaban J connectivity index is 2.01. The number of cyclic esters (lactones) is 1. The van der Waals surface area contributed by atoms with Gasteiger partial charge in [0.1, 0.15) is 17.6 Å². The average Bonchev–Trinajstić information content (AvgIpc) is 3.17. The Bertz CT molecular complexity index is 890. The van der Waals surface area contributed by atoms with Crippen molar-refractivity contribution in [3.8, 4) is 0 Å². The molecular formula is C19H27N7O2. The van der Waals surface area contributed by atoms with Gasteiger partial charge in [0.25, 0.3) is 0 Å². The predicted molar refractivity (Wildman–Crippen MR) is 109 cm³/mol. The van der Waals surface area contributed by atoms with Crippen LogP contribution in [0.1, 0.15) is 39.0 Å². The summed E-state index contributed by atoms with van der Waals surface area (Å²) in [6.07, 6.45) is 3.12. The van der Waals surface area contributed by atoms with Crippen LogP contribution < -0.4 is 15.5 Å². The second kappa shape index (κ2) is 7.87. The number of nitrogens with zero attached hydrogens (tertiary/aromatic N) is 4. The number of pyridine rings is 1. The molecule has 2 aromatic rings. The van der Waals surface area contributed by atoms with Crippen molar-refractivity contribution in [2.24, 2.45) is 7.05 Å². The van der Waals surface area contributed by atoms with E-state index < -0.39 is 6.09 Å². The van der Waals surface area contributed by atoms with Crippen molar-refractivity contribution < 1.29 is 9.53 Å². The minimum atomic E-state index is -0.420. The molecule has 0 bridgehead atoms. The summed E-state index contributed by atoms with van der Waals surface area (Å²) in [5, 5.41) is 19.2. The van der Waals surface area contributed by atoms with Gasteiger partial charge in [0.05, 0.1) is 29.8 Å². The summed E-state index contributed by atoms with van der Waals surface area (Å²) in [6, 6.07) is 1.98. The molecular weight excluding hydrogens is 358 g/mol. The van der Waals surface area contributed by atoms with E-state index >= 15 is 0 Å². The van der Waals surface area contributed by atoms with E-state index in [1.54, 1.807) is 17.8 Å². The Morgan fingerprint density at radius 2 is 2.21 bits per heavy atom. The van der Waals surface area contributed by atoms with Crippen LogP contribution in [-0.2, 0) is 18.3 Å². The lowest BCUT2D eigenvalue weighted by atomic mass is 10.1. The number of carbonyl (C=O) groups excluding carboxylic acids is 1. The summed E-state index contributed by atoms with van der Waals surface area (Å²) in [4.78, 5) is 18.3. The molecule has 3 N–H and O–H groups in total. The highest BCUT2D eigenvalue weighted by Gasteiger charge is 2.31. The van der Waals surface area contributed by atoms with Crippen molar-refractivity contribution in [2.45, 2.75) is 46.4 Å². The molecule has 28 heavy (non-hydrogen) atoms. The second-order valence-corrected chi connectivity index (χ2v) is 7.36. The van der Waals surface area contributed by atoms with Crippen LogP contribution in [0.15, 0.2) is 18.5 Å². The maximum absolute atomic E-state index is 12.2. The summed E-state index contributed by atoms with van der Waals surface area (Å²) < 4.78 is 6.99. The van der Waals surface area contributed by atoms with Gasteiger partial charge in [-0.25, -0.2) is 9.78 Å². The van der Waals surface area contributed by atoms with Gasteiger partial charge >= 0.3 is 6.09 Å². The molecule has 1 unspecified atom stereocenters. The Labute approximate surface area is 164 Å². The zero-order chi connectivity index (χ0) is 20.4. The number of aromatic nitrogens is 3. The van der Waals surface area contributed by atoms with E-state index in [1.165, 1.54) is 4.90 Å². The first-order valence-corrected chi connectivity index (χ1v) is 9.31. The second-order valence-electron chi connectivity index (χ2n) is 7.36. The molecule has 9 heteroatoms. The molecule has 0 saturated carbocycles. The average molecular weight is 385 g/mol. The molecule has 1 aliphatic rings. The van der Waals surface area contributed by atoms with Gasteiger partial charge < -0.3 is 20.8 Å². The van der Waals surface area contributed by atoms with Gasteiger partial charge in [0, 0.05) is 37.5 Å². The van der Waals surface area contributed by atoms with Gasteiger partial charge in [-0.3, -0.25) is 9.58 Å². The minimum Gasteiger partial charge on any atom is -0.444 e. The van der Waals surface area contributed by atoms with E-state index in [1.807, 2.05) is 40.1 Å². The summed E-state index contributed by atoms with van der Waals surface area (Å²) in [5.41, 5.74) is 3.37. The monoisotopic (exact) mass is 385 g/mol. The van der Waals surface area contributed by atoms with Gasteiger partial charge in [-0.15, -0.1) is 0 Å². The summed E-state index contributed by atoms with van der Waals surface area (Å²) in [7, 11) is 1.87. The smallest absolute Gasteiger partial charge is 0.415 e. The summed E-state index contributed by atoms with van der Waals surface area (Å²) in [6.45, 7) is 8.58. The van der Waals surface area contributed by atoms with Gasteiger partial charge in [0.2, 0.25) is 0 Å². The SMILES string of the molecule is CC(=N)c1nc(N2CC(C)OC2=O)cc(NCc2cnn(C)c2)c1NC(C)C. The van der Waals surface area contributed by atoms with E-state index in [4.69, 9.17) is 10.1 Å². The van der Waals surface area contributed by atoms with Gasteiger partial charge in [-0.05, 0) is 27.7 Å².